The van der Waals surface area contributed by atoms with E-state index in [0.717, 1.165) is 31.0 Å². The quantitative estimate of drug-likeness (QED) is 0.806. The number of rotatable bonds is 7. The number of hydrogen-bond acceptors (Lipinski definition) is 3. The van der Waals surface area contributed by atoms with Crippen molar-refractivity contribution < 1.29 is 17.2 Å². The Morgan fingerprint density at radius 1 is 1.35 bits per heavy atom. The van der Waals surface area contributed by atoms with Crippen LogP contribution in [0.3, 0.4) is 0 Å². The van der Waals surface area contributed by atoms with Crippen LogP contribution in [0.15, 0.2) is 23.1 Å². The normalized spacial score (nSPS) is 12.8. The molecule has 1 atom stereocenters. The number of halogens is 3. The number of benzene rings is 1. The lowest BCUT2D eigenvalue weighted by Gasteiger charge is -2.16. The zero-order valence-corrected chi connectivity index (χ0v) is 12.7. The van der Waals surface area contributed by atoms with Gasteiger partial charge in [0.15, 0.2) is 11.6 Å². The lowest BCUT2D eigenvalue weighted by Crippen LogP contribution is -2.40. The third-order valence-electron chi connectivity index (χ3n) is 2.72. The summed E-state index contributed by atoms with van der Waals surface area (Å²) in [6, 6.07) is 2.56. The van der Waals surface area contributed by atoms with Crippen molar-refractivity contribution in [2.24, 2.45) is 5.73 Å². The minimum Gasteiger partial charge on any atom is -0.329 e. The van der Waals surface area contributed by atoms with Crippen LogP contribution in [0.4, 0.5) is 8.78 Å². The van der Waals surface area contributed by atoms with Crippen LogP contribution in [0.1, 0.15) is 26.2 Å². The van der Waals surface area contributed by atoms with Gasteiger partial charge >= 0.3 is 0 Å². The Morgan fingerprint density at radius 2 is 2.00 bits per heavy atom. The van der Waals surface area contributed by atoms with Crippen molar-refractivity contribution in [1.82, 2.24) is 4.72 Å². The molecular formula is C12H19ClF2N2O2S. The Bertz CT molecular complexity index is 526. The second-order valence-corrected chi connectivity index (χ2v) is 5.93. The largest absolute Gasteiger partial charge is 0.329 e. The summed E-state index contributed by atoms with van der Waals surface area (Å²) in [6.07, 6.45) is 2.26. The molecule has 0 bridgehead atoms. The Kier molecular flexibility index (Phi) is 8.19. The summed E-state index contributed by atoms with van der Waals surface area (Å²) in [6.45, 7) is 2.07. The summed E-state index contributed by atoms with van der Waals surface area (Å²) in [5.41, 5.74) is 5.47. The molecule has 20 heavy (non-hydrogen) atoms. The molecule has 1 aromatic rings. The first-order chi connectivity index (χ1) is 8.92. The average molecular weight is 329 g/mol. The van der Waals surface area contributed by atoms with Crippen molar-refractivity contribution in [2.45, 2.75) is 37.1 Å². The molecule has 0 fully saturated rings. The second-order valence-electron chi connectivity index (χ2n) is 4.25. The summed E-state index contributed by atoms with van der Waals surface area (Å²) < 4.78 is 52.7. The Labute approximate surface area is 124 Å². The van der Waals surface area contributed by atoms with E-state index in [-0.39, 0.29) is 19.0 Å². The first-order valence-electron chi connectivity index (χ1n) is 6.08. The molecular weight excluding hydrogens is 310 g/mol. The molecule has 116 valence electrons. The van der Waals surface area contributed by atoms with E-state index in [1.165, 1.54) is 0 Å². The lowest BCUT2D eigenvalue weighted by atomic mass is 10.1. The number of sulfonamides is 1. The zero-order valence-electron chi connectivity index (χ0n) is 11.1. The summed E-state index contributed by atoms with van der Waals surface area (Å²) in [4.78, 5) is -0.692. The molecule has 8 heteroatoms. The lowest BCUT2D eigenvalue weighted by molar-refractivity contribution is 0.476. The fourth-order valence-electron chi connectivity index (χ4n) is 1.65. The number of nitrogens with two attached hydrogens (primary N) is 1. The molecule has 3 N–H and O–H groups in total. The Balaban J connectivity index is 0.00000361. The van der Waals surface area contributed by atoms with Gasteiger partial charge in [-0.05, 0) is 18.6 Å². The molecule has 0 saturated carbocycles. The van der Waals surface area contributed by atoms with Gasteiger partial charge in [-0.15, -0.1) is 12.4 Å². The smallest absolute Gasteiger partial charge is 0.243 e. The molecule has 1 rings (SSSR count). The van der Waals surface area contributed by atoms with E-state index in [2.05, 4.69) is 4.72 Å². The highest BCUT2D eigenvalue weighted by molar-refractivity contribution is 7.89. The molecule has 0 heterocycles. The van der Waals surface area contributed by atoms with Crippen molar-refractivity contribution >= 4 is 22.4 Å². The van der Waals surface area contributed by atoms with Gasteiger partial charge < -0.3 is 5.73 Å². The van der Waals surface area contributed by atoms with Crippen LogP contribution in [0.5, 0.6) is 0 Å². The minimum absolute atomic E-state index is 0. The Hall–Kier alpha value is -0.760. The van der Waals surface area contributed by atoms with Crippen LogP contribution < -0.4 is 10.5 Å². The van der Waals surface area contributed by atoms with Crippen LogP contribution in [-0.2, 0) is 10.0 Å². The van der Waals surface area contributed by atoms with E-state index < -0.39 is 32.6 Å². The van der Waals surface area contributed by atoms with Gasteiger partial charge in [0.25, 0.3) is 0 Å². The third-order valence-corrected chi connectivity index (χ3v) is 4.26. The highest BCUT2D eigenvalue weighted by Gasteiger charge is 2.24. The molecule has 0 aliphatic rings. The first-order valence-corrected chi connectivity index (χ1v) is 7.57. The predicted molar refractivity (Wildman–Crippen MR) is 76.3 cm³/mol. The van der Waals surface area contributed by atoms with Crippen molar-refractivity contribution in [2.75, 3.05) is 6.54 Å². The SMILES string of the molecule is CCCCC(CN)NS(=O)(=O)c1cccc(F)c1F.Cl. The van der Waals surface area contributed by atoms with Crippen LogP contribution in [0.25, 0.3) is 0 Å². The molecule has 4 nitrogen and oxygen atoms in total. The maximum atomic E-state index is 13.5. The summed E-state index contributed by atoms with van der Waals surface area (Å²) in [5, 5.41) is 0. The van der Waals surface area contributed by atoms with Crippen molar-refractivity contribution in [3.8, 4) is 0 Å². The van der Waals surface area contributed by atoms with Gasteiger partial charge in [-0.2, -0.15) is 0 Å². The van der Waals surface area contributed by atoms with Gasteiger partial charge in [0.05, 0.1) is 0 Å². The first kappa shape index (κ1) is 19.2. The van der Waals surface area contributed by atoms with Gasteiger partial charge in [0.2, 0.25) is 10.0 Å². The molecule has 0 aliphatic carbocycles. The minimum atomic E-state index is -4.10. The summed E-state index contributed by atoms with van der Waals surface area (Å²) in [7, 11) is -4.10. The standard InChI is InChI=1S/C12H18F2N2O2S.ClH/c1-2-3-5-9(8-15)16-19(17,18)11-7-4-6-10(13)12(11)14;/h4,6-7,9,16H,2-3,5,8,15H2,1H3;1H. The molecule has 0 amide bonds. The third kappa shape index (κ3) is 4.97. The average Bonchev–Trinajstić information content (AvgIpc) is 2.37. The molecule has 0 aliphatic heterocycles. The van der Waals surface area contributed by atoms with E-state index in [9.17, 15) is 17.2 Å². The second kappa shape index (κ2) is 8.51. The van der Waals surface area contributed by atoms with Gasteiger partial charge in [-0.1, -0.05) is 25.8 Å². The molecule has 0 radical (unpaired) electrons. The van der Waals surface area contributed by atoms with Crippen molar-refractivity contribution in [3.05, 3.63) is 29.8 Å². The fourth-order valence-corrected chi connectivity index (χ4v) is 3.02. The van der Waals surface area contributed by atoms with Crippen LogP contribution in [-0.4, -0.2) is 21.0 Å². The van der Waals surface area contributed by atoms with E-state index in [0.29, 0.717) is 6.42 Å². The zero-order chi connectivity index (χ0) is 14.5. The van der Waals surface area contributed by atoms with Gasteiger partial charge in [0, 0.05) is 12.6 Å². The fraction of sp³-hybridized carbons (Fsp3) is 0.500. The molecule has 1 aromatic carbocycles. The molecule has 0 spiro atoms. The number of hydrogen-bond donors (Lipinski definition) is 2. The Morgan fingerprint density at radius 3 is 2.55 bits per heavy atom. The monoisotopic (exact) mass is 328 g/mol. The van der Waals surface area contributed by atoms with E-state index in [1.807, 2.05) is 6.92 Å². The molecule has 0 saturated heterocycles. The van der Waals surface area contributed by atoms with Crippen LogP contribution >= 0.6 is 12.4 Å². The predicted octanol–water partition coefficient (Wildman–Crippen LogP) is 2.18. The van der Waals surface area contributed by atoms with Crippen LogP contribution in [0, 0.1) is 11.6 Å². The van der Waals surface area contributed by atoms with Crippen molar-refractivity contribution in [3.63, 3.8) is 0 Å². The molecule has 0 aromatic heterocycles. The van der Waals surface area contributed by atoms with Crippen LogP contribution in [0.2, 0.25) is 0 Å². The van der Waals surface area contributed by atoms with Gasteiger partial charge in [0.1, 0.15) is 4.90 Å². The van der Waals surface area contributed by atoms with E-state index >= 15 is 0 Å². The maximum Gasteiger partial charge on any atom is 0.243 e. The van der Waals surface area contributed by atoms with Crippen molar-refractivity contribution in [1.29, 1.82) is 0 Å². The van der Waals surface area contributed by atoms with E-state index in [4.69, 9.17) is 5.73 Å². The summed E-state index contributed by atoms with van der Waals surface area (Å²) in [5.74, 6) is -2.57. The van der Waals surface area contributed by atoms with Gasteiger partial charge in [-0.25, -0.2) is 21.9 Å². The van der Waals surface area contributed by atoms with E-state index in [1.54, 1.807) is 0 Å². The highest BCUT2D eigenvalue weighted by Crippen LogP contribution is 2.17. The topological polar surface area (TPSA) is 72.2 Å². The summed E-state index contributed by atoms with van der Waals surface area (Å²) >= 11 is 0. The number of nitrogens with one attached hydrogen (secondary N) is 1. The molecule has 1 unspecified atom stereocenters. The maximum absolute atomic E-state index is 13.5. The number of unbranched alkanes of at least 4 members (excludes halogenated alkanes) is 1. The highest BCUT2D eigenvalue weighted by atomic mass is 35.5. The van der Waals surface area contributed by atoms with Gasteiger partial charge in [-0.3, -0.25) is 0 Å².